The van der Waals surface area contributed by atoms with Crippen LogP contribution in [0.1, 0.15) is 25.0 Å². The van der Waals surface area contributed by atoms with Crippen molar-refractivity contribution in [3.63, 3.8) is 0 Å². The fourth-order valence-corrected chi connectivity index (χ4v) is 2.07. The van der Waals surface area contributed by atoms with E-state index in [1.54, 1.807) is 6.08 Å². The molecule has 0 fully saturated rings. The number of guanidine groups is 1. The second-order valence-corrected chi connectivity index (χ2v) is 4.66. The summed E-state index contributed by atoms with van der Waals surface area (Å²) in [5.41, 5.74) is 9.24. The summed E-state index contributed by atoms with van der Waals surface area (Å²) in [6.07, 6.45) is 3.56. The van der Waals surface area contributed by atoms with Crippen LogP contribution in [0.2, 0.25) is 0 Å². The van der Waals surface area contributed by atoms with Crippen molar-refractivity contribution in [3.05, 3.63) is 42.0 Å². The highest BCUT2D eigenvalue weighted by Crippen LogP contribution is 2.22. The van der Waals surface area contributed by atoms with Gasteiger partial charge in [-0.15, -0.1) is 6.58 Å². The molecule has 0 atom stereocenters. The van der Waals surface area contributed by atoms with Crippen molar-refractivity contribution in [2.45, 2.75) is 26.7 Å². The van der Waals surface area contributed by atoms with Gasteiger partial charge in [0.2, 0.25) is 0 Å². The van der Waals surface area contributed by atoms with E-state index in [9.17, 15) is 0 Å². The van der Waals surface area contributed by atoms with Crippen molar-refractivity contribution >= 4 is 29.0 Å². The second kappa shape index (κ2) is 8.32. The molecule has 0 heterocycles. The monoisotopic (exact) mass is 290 g/mol. The van der Waals surface area contributed by atoms with Crippen LogP contribution in [0.15, 0.2) is 35.8 Å². The van der Waals surface area contributed by atoms with Gasteiger partial charge < -0.3 is 16.4 Å². The van der Waals surface area contributed by atoms with Crippen molar-refractivity contribution in [2.75, 3.05) is 11.9 Å². The van der Waals surface area contributed by atoms with Gasteiger partial charge in [-0.1, -0.05) is 38.1 Å². The molecule has 0 amide bonds. The molecular weight excluding hydrogens is 268 g/mol. The highest BCUT2D eigenvalue weighted by molar-refractivity contribution is 7.80. The lowest BCUT2D eigenvalue weighted by Gasteiger charge is -2.16. The summed E-state index contributed by atoms with van der Waals surface area (Å²) >= 11 is 5.27. The Hall–Kier alpha value is -1.88. The zero-order valence-electron chi connectivity index (χ0n) is 12.1. The largest absolute Gasteiger partial charge is 0.370 e. The summed E-state index contributed by atoms with van der Waals surface area (Å²) in [4.78, 5) is 4.05. The number of benzene rings is 1. The molecule has 1 aromatic carbocycles. The van der Waals surface area contributed by atoms with Crippen molar-refractivity contribution in [2.24, 2.45) is 10.7 Å². The maximum atomic E-state index is 5.72. The number of hydrogen-bond acceptors (Lipinski definition) is 2. The number of thiocarbonyl (C=S) groups is 1. The zero-order valence-corrected chi connectivity index (χ0v) is 12.9. The summed E-state index contributed by atoms with van der Waals surface area (Å²) in [5.74, 6) is 0.287. The molecule has 1 rings (SSSR count). The third kappa shape index (κ3) is 4.66. The molecule has 0 aliphatic rings. The second-order valence-electron chi connectivity index (χ2n) is 4.25. The van der Waals surface area contributed by atoms with E-state index in [2.05, 4.69) is 54.3 Å². The number of nitrogens with zero attached hydrogens (tertiary/aromatic N) is 1. The molecule has 0 aliphatic heterocycles. The van der Waals surface area contributed by atoms with E-state index in [-0.39, 0.29) is 5.96 Å². The van der Waals surface area contributed by atoms with Crippen molar-refractivity contribution in [3.8, 4) is 0 Å². The minimum atomic E-state index is 0.287. The fraction of sp³-hybridized carbons (Fsp3) is 0.333. The standard InChI is InChI=1S/C15H22N4S/c1-4-10-17-14(16)19-15(20)18-13-11(5-2)8-7-9-12(13)6-3/h4,7-9H,1,5-6,10H2,2-3H3,(H4,16,17,18,19,20). The van der Waals surface area contributed by atoms with Gasteiger partial charge in [-0.3, -0.25) is 0 Å². The first-order valence-corrected chi connectivity index (χ1v) is 7.12. The fourth-order valence-electron chi connectivity index (χ4n) is 1.87. The Labute approximate surface area is 126 Å². The number of aliphatic imine (C=N–C) groups is 1. The van der Waals surface area contributed by atoms with Crippen LogP contribution in [0.25, 0.3) is 0 Å². The number of hydrogen-bond donors (Lipinski definition) is 3. The van der Waals surface area contributed by atoms with Crippen molar-refractivity contribution in [1.29, 1.82) is 0 Å². The van der Waals surface area contributed by atoms with E-state index in [4.69, 9.17) is 18.0 Å². The quantitative estimate of drug-likeness (QED) is 0.338. The number of para-hydroxylation sites is 1. The van der Waals surface area contributed by atoms with Gasteiger partial charge >= 0.3 is 0 Å². The lowest BCUT2D eigenvalue weighted by molar-refractivity contribution is 1.09. The van der Waals surface area contributed by atoms with E-state index >= 15 is 0 Å². The summed E-state index contributed by atoms with van der Waals surface area (Å²) in [7, 11) is 0. The van der Waals surface area contributed by atoms with Crippen LogP contribution in [0.5, 0.6) is 0 Å². The van der Waals surface area contributed by atoms with E-state index in [0.717, 1.165) is 18.5 Å². The zero-order chi connectivity index (χ0) is 15.0. The van der Waals surface area contributed by atoms with Gasteiger partial charge in [0, 0.05) is 5.69 Å². The van der Waals surface area contributed by atoms with E-state index in [1.165, 1.54) is 11.1 Å². The molecule has 0 radical (unpaired) electrons. The van der Waals surface area contributed by atoms with Gasteiger partial charge in [0.05, 0.1) is 6.54 Å². The molecule has 4 N–H and O–H groups in total. The van der Waals surface area contributed by atoms with Gasteiger partial charge in [0.25, 0.3) is 0 Å². The molecule has 0 saturated heterocycles. The Balaban J connectivity index is 2.82. The normalized spacial score (nSPS) is 11.0. The highest BCUT2D eigenvalue weighted by Gasteiger charge is 2.08. The number of nitrogens with two attached hydrogens (primary N) is 1. The SMILES string of the molecule is C=CCN=C(N)NC(=S)Nc1c(CC)cccc1CC. The Morgan fingerprint density at radius 2 is 1.95 bits per heavy atom. The Morgan fingerprint density at radius 1 is 1.35 bits per heavy atom. The molecule has 0 aromatic heterocycles. The summed E-state index contributed by atoms with van der Waals surface area (Å²) in [5, 5.41) is 6.54. The Bertz CT molecular complexity index is 486. The maximum Gasteiger partial charge on any atom is 0.195 e. The van der Waals surface area contributed by atoms with E-state index < -0.39 is 0 Å². The van der Waals surface area contributed by atoms with Gasteiger partial charge in [-0.25, -0.2) is 4.99 Å². The molecule has 0 unspecified atom stereocenters. The lowest BCUT2D eigenvalue weighted by Crippen LogP contribution is -2.39. The van der Waals surface area contributed by atoms with Crippen molar-refractivity contribution in [1.82, 2.24) is 5.32 Å². The first-order chi connectivity index (χ1) is 9.62. The molecular formula is C15H22N4S. The number of nitrogens with one attached hydrogen (secondary N) is 2. The van der Waals surface area contributed by atoms with E-state index in [0.29, 0.717) is 11.7 Å². The first-order valence-electron chi connectivity index (χ1n) is 6.71. The highest BCUT2D eigenvalue weighted by atomic mass is 32.1. The lowest BCUT2D eigenvalue weighted by atomic mass is 10.0. The minimum Gasteiger partial charge on any atom is -0.370 e. The van der Waals surface area contributed by atoms with Crippen molar-refractivity contribution < 1.29 is 0 Å². The van der Waals surface area contributed by atoms with Gasteiger partial charge in [0.1, 0.15) is 0 Å². The number of aryl methyl sites for hydroxylation is 2. The number of anilines is 1. The first kappa shape index (κ1) is 16.2. The average molecular weight is 290 g/mol. The predicted octanol–water partition coefficient (Wildman–Crippen LogP) is 2.60. The molecule has 1 aromatic rings. The molecule has 108 valence electrons. The maximum absolute atomic E-state index is 5.72. The predicted molar refractivity (Wildman–Crippen MR) is 91.2 cm³/mol. The van der Waals surface area contributed by atoms with Crippen LogP contribution in [-0.2, 0) is 12.8 Å². The third-order valence-electron chi connectivity index (χ3n) is 2.87. The molecule has 0 saturated carbocycles. The van der Waals surface area contributed by atoms with Gasteiger partial charge in [-0.2, -0.15) is 0 Å². The smallest absolute Gasteiger partial charge is 0.195 e. The van der Waals surface area contributed by atoms with Crippen LogP contribution in [0.4, 0.5) is 5.69 Å². The molecule has 0 bridgehead atoms. The van der Waals surface area contributed by atoms with Crippen LogP contribution >= 0.6 is 12.2 Å². The van der Waals surface area contributed by atoms with E-state index in [1.807, 2.05) is 0 Å². The van der Waals surface area contributed by atoms with Crippen LogP contribution in [-0.4, -0.2) is 17.6 Å². The summed E-state index contributed by atoms with van der Waals surface area (Å²) in [6.45, 7) is 8.29. The topological polar surface area (TPSA) is 62.4 Å². The number of rotatable bonds is 5. The van der Waals surface area contributed by atoms with Gasteiger partial charge in [0.15, 0.2) is 11.1 Å². The molecule has 20 heavy (non-hydrogen) atoms. The molecule has 0 aliphatic carbocycles. The summed E-state index contributed by atoms with van der Waals surface area (Å²) < 4.78 is 0. The van der Waals surface area contributed by atoms with Crippen LogP contribution < -0.4 is 16.4 Å². The molecule has 4 nitrogen and oxygen atoms in total. The van der Waals surface area contributed by atoms with Gasteiger partial charge in [-0.05, 0) is 36.2 Å². The molecule has 0 spiro atoms. The average Bonchev–Trinajstić information content (AvgIpc) is 2.45. The Kier molecular flexibility index (Phi) is 6.73. The van der Waals surface area contributed by atoms with Crippen LogP contribution in [0, 0.1) is 0 Å². The van der Waals surface area contributed by atoms with Crippen LogP contribution in [0.3, 0.4) is 0 Å². The third-order valence-corrected chi connectivity index (χ3v) is 3.07. The summed E-state index contributed by atoms with van der Waals surface area (Å²) in [6, 6.07) is 6.26. The Morgan fingerprint density at radius 3 is 2.45 bits per heavy atom. The molecule has 5 heteroatoms. The minimum absolute atomic E-state index is 0.287.